The van der Waals surface area contributed by atoms with Gasteiger partial charge in [0.1, 0.15) is 11.5 Å². The van der Waals surface area contributed by atoms with E-state index in [1.807, 2.05) is 0 Å². The standard InChI is InChI=1S/C30H21Cl3FN3O3S/c31-19-12-13-26(24(33)14-19)36-28(38)17-41-21-9-4-8-20(15-21)35-30(40)27(16-22-23(32)10-5-11-25(22)34)37-29(39)18-6-2-1-3-7-18/h1-16H,17H2,(H,35,40)(H,36,38)(H,37,39)/b27-16+. The van der Waals surface area contributed by atoms with Gasteiger partial charge >= 0.3 is 0 Å². The first-order chi connectivity index (χ1) is 19.7. The van der Waals surface area contributed by atoms with Crippen molar-refractivity contribution in [1.82, 2.24) is 5.32 Å². The average molecular weight is 629 g/mol. The molecule has 0 atom stereocenters. The summed E-state index contributed by atoms with van der Waals surface area (Å²) in [6, 6.07) is 23.9. The van der Waals surface area contributed by atoms with Gasteiger partial charge in [0.15, 0.2) is 0 Å². The lowest BCUT2D eigenvalue weighted by molar-refractivity contribution is -0.114. The first-order valence-electron chi connectivity index (χ1n) is 12.0. The van der Waals surface area contributed by atoms with Crippen molar-refractivity contribution < 1.29 is 18.8 Å². The number of thioether (sulfide) groups is 1. The Bertz CT molecular complexity index is 1610. The number of carbonyl (C=O) groups excluding carboxylic acids is 3. The first-order valence-corrected chi connectivity index (χ1v) is 14.1. The highest BCUT2D eigenvalue weighted by Crippen LogP contribution is 2.27. The third-order valence-electron chi connectivity index (χ3n) is 5.48. The number of anilines is 2. The van der Waals surface area contributed by atoms with Gasteiger partial charge in [0, 0.05) is 26.7 Å². The molecule has 0 aromatic heterocycles. The maximum Gasteiger partial charge on any atom is 0.272 e. The van der Waals surface area contributed by atoms with E-state index in [2.05, 4.69) is 16.0 Å². The Balaban J connectivity index is 1.48. The largest absolute Gasteiger partial charge is 0.324 e. The molecule has 0 fully saturated rings. The number of carbonyl (C=O) groups is 3. The van der Waals surface area contributed by atoms with Crippen LogP contribution in [-0.2, 0) is 9.59 Å². The van der Waals surface area contributed by atoms with Gasteiger partial charge in [-0.2, -0.15) is 0 Å². The van der Waals surface area contributed by atoms with E-state index in [4.69, 9.17) is 34.8 Å². The lowest BCUT2D eigenvalue weighted by Crippen LogP contribution is -2.30. The van der Waals surface area contributed by atoms with Crippen LogP contribution >= 0.6 is 46.6 Å². The molecule has 0 bridgehead atoms. The summed E-state index contributed by atoms with van der Waals surface area (Å²) in [6.07, 6.45) is 1.18. The van der Waals surface area contributed by atoms with Crippen LogP contribution in [0.15, 0.2) is 102 Å². The van der Waals surface area contributed by atoms with Gasteiger partial charge in [0.25, 0.3) is 11.8 Å². The number of hydrogen-bond donors (Lipinski definition) is 3. The van der Waals surface area contributed by atoms with Crippen molar-refractivity contribution in [3.05, 3.63) is 129 Å². The molecular weight excluding hydrogens is 608 g/mol. The van der Waals surface area contributed by atoms with Gasteiger partial charge in [-0.15, -0.1) is 11.8 Å². The summed E-state index contributed by atoms with van der Waals surface area (Å²) in [5, 5.41) is 8.83. The SMILES string of the molecule is O=C(CSc1cccc(NC(=O)/C(=C\c2c(F)cccc2Cl)NC(=O)c2ccccc2)c1)Nc1ccc(Cl)cc1Cl. The van der Waals surface area contributed by atoms with Crippen LogP contribution < -0.4 is 16.0 Å². The van der Waals surface area contributed by atoms with E-state index in [9.17, 15) is 18.8 Å². The lowest BCUT2D eigenvalue weighted by Gasteiger charge is -2.13. The maximum absolute atomic E-state index is 14.5. The van der Waals surface area contributed by atoms with E-state index in [0.717, 1.165) is 0 Å². The summed E-state index contributed by atoms with van der Waals surface area (Å²) in [7, 11) is 0. The van der Waals surface area contributed by atoms with E-state index in [-0.39, 0.29) is 27.9 Å². The van der Waals surface area contributed by atoms with Crippen LogP contribution in [0.1, 0.15) is 15.9 Å². The fourth-order valence-corrected chi connectivity index (χ4v) is 4.95. The molecule has 0 saturated heterocycles. The van der Waals surface area contributed by atoms with Crippen molar-refractivity contribution in [2.45, 2.75) is 4.90 Å². The molecular formula is C30H21Cl3FN3O3S. The second kappa shape index (κ2) is 14.2. The highest BCUT2D eigenvalue weighted by molar-refractivity contribution is 8.00. The smallest absolute Gasteiger partial charge is 0.272 e. The Morgan fingerprint density at radius 3 is 2.29 bits per heavy atom. The predicted octanol–water partition coefficient (Wildman–Crippen LogP) is 7.93. The van der Waals surface area contributed by atoms with Gasteiger partial charge in [-0.25, -0.2) is 4.39 Å². The topological polar surface area (TPSA) is 87.3 Å². The minimum Gasteiger partial charge on any atom is -0.324 e. The molecule has 0 aliphatic rings. The number of benzene rings is 4. The second-order valence-electron chi connectivity index (χ2n) is 8.46. The third-order valence-corrected chi connectivity index (χ3v) is 7.36. The second-order valence-corrected chi connectivity index (χ2v) is 10.8. The van der Waals surface area contributed by atoms with Crippen molar-refractivity contribution in [2.75, 3.05) is 16.4 Å². The van der Waals surface area contributed by atoms with Crippen LogP contribution in [0.25, 0.3) is 6.08 Å². The summed E-state index contributed by atoms with van der Waals surface area (Å²) >= 11 is 19.4. The summed E-state index contributed by atoms with van der Waals surface area (Å²) in [6.45, 7) is 0. The maximum atomic E-state index is 14.5. The van der Waals surface area contributed by atoms with Gasteiger partial charge in [-0.05, 0) is 66.7 Å². The molecule has 11 heteroatoms. The van der Waals surface area contributed by atoms with Crippen LogP contribution in [0, 0.1) is 5.82 Å². The Hall–Kier alpha value is -3.82. The molecule has 0 saturated carbocycles. The number of amides is 3. The molecule has 0 heterocycles. The fourth-order valence-electron chi connectivity index (χ4n) is 3.52. The van der Waals surface area contributed by atoms with Crippen LogP contribution in [-0.4, -0.2) is 23.5 Å². The van der Waals surface area contributed by atoms with Gasteiger partial charge in [-0.3, -0.25) is 14.4 Å². The number of rotatable bonds is 9. The van der Waals surface area contributed by atoms with Crippen LogP contribution in [0.5, 0.6) is 0 Å². The van der Waals surface area contributed by atoms with Crippen molar-refractivity contribution in [1.29, 1.82) is 0 Å². The fraction of sp³-hybridized carbons (Fsp3) is 0.0333. The van der Waals surface area contributed by atoms with Gasteiger partial charge < -0.3 is 16.0 Å². The summed E-state index contributed by atoms with van der Waals surface area (Å²) in [4.78, 5) is 39.3. The molecule has 4 aromatic rings. The molecule has 4 rings (SSSR count). The summed E-state index contributed by atoms with van der Waals surface area (Å²) in [5.41, 5.74) is 0.865. The van der Waals surface area contributed by atoms with E-state index >= 15 is 0 Å². The zero-order chi connectivity index (χ0) is 29.4. The predicted molar refractivity (Wildman–Crippen MR) is 164 cm³/mol. The minimum atomic E-state index is -0.703. The van der Waals surface area contributed by atoms with E-state index < -0.39 is 17.6 Å². The van der Waals surface area contributed by atoms with Crippen LogP contribution in [0.2, 0.25) is 15.1 Å². The quantitative estimate of drug-likeness (QED) is 0.130. The Morgan fingerprint density at radius 2 is 1.56 bits per heavy atom. The molecule has 4 aromatic carbocycles. The van der Waals surface area contributed by atoms with Crippen molar-refractivity contribution in [2.24, 2.45) is 0 Å². The first kappa shape index (κ1) is 30.1. The average Bonchev–Trinajstić information content (AvgIpc) is 2.95. The van der Waals surface area contributed by atoms with Crippen molar-refractivity contribution >= 4 is 81.7 Å². The highest BCUT2D eigenvalue weighted by Gasteiger charge is 2.17. The molecule has 6 nitrogen and oxygen atoms in total. The van der Waals surface area contributed by atoms with Crippen LogP contribution in [0.3, 0.4) is 0 Å². The third kappa shape index (κ3) is 8.58. The highest BCUT2D eigenvalue weighted by atomic mass is 35.5. The van der Waals surface area contributed by atoms with Gasteiger partial charge in [-0.1, -0.05) is 65.1 Å². The Kier molecular flexibility index (Phi) is 10.4. The van der Waals surface area contributed by atoms with Crippen molar-refractivity contribution in [3.63, 3.8) is 0 Å². The van der Waals surface area contributed by atoms with E-state index in [1.54, 1.807) is 66.7 Å². The van der Waals surface area contributed by atoms with E-state index in [0.29, 0.717) is 31.9 Å². The Labute approximate surface area is 254 Å². The van der Waals surface area contributed by atoms with E-state index in [1.165, 1.54) is 42.1 Å². The minimum absolute atomic E-state index is 0.0520. The molecule has 3 amide bonds. The number of hydrogen-bond acceptors (Lipinski definition) is 4. The number of nitrogens with one attached hydrogen (secondary N) is 3. The normalized spacial score (nSPS) is 11.1. The monoisotopic (exact) mass is 627 g/mol. The molecule has 0 aliphatic heterocycles. The number of halogens is 4. The molecule has 0 unspecified atom stereocenters. The zero-order valence-corrected chi connectivity index (χ0v) is 24.2. The molecule has 41 heavy (non-hydrogen) atoms. The molecule has 0 radical (unpaired) electrons. The van der Waals surface area contributed by atoms with Gasteiger partial charge in [0.2, 0.25) is 5.91 Å². The molecule has 3 N–H and O–H groups in total. The van der Waals surface area contributed by atoms with Crippen LogP contribution in [0.4, 0.5) is 15.8 Å². The zero-order valence-electron chi connectivity index (χ0n) is 21.1. The lowest BCUT2D eigenvalue weighted by atomic mass is 10.1. The summed E-state index contributed by atoms with van der Waals surface area (Å²) < 4.78 is 14.5. The summed E-state index contributed by atoms with van der Waals surface area (Å²) in [5.74, 6) is -2.14. The molecule has 208 valence electrons. The van der Waals surface area contributed by atoms with Gasteiger partial charge in [0.05, 0.1) is 21.5 Å². The molecule has 0 aliphatic carbocycles. The van der Waals surface area contributed by atoms with Crippen molar-refractivity contribution in [3.8, 4) is 0 Å². The molecule has 0 spiro atoms. The Morgan fingerprint density at radius 1 is 0.805 bits per heavy atom.